The quantitative estimate of drug-likeness (QED) is 0.340. The van der Waals surface area contributed by atoms with Gasteiger partial charge in [0.05, 0.1) is 11.1 Å². The summed E-state index contributed by atoms with van der Waals surface area (Å²) in [5.41, 5.74) is 1.19. The van der Waals surface area contributed by atoms with Crippen LogP contribution in [0.5, 0.6) is 0 Å². The lowest BCUT2D eigenvalue weighted by Crippen LogP contribution is -2.38. The second-order valence-electron chi connectivity index (χ2n) is 7.32. The first-order valence-electron chi connectivity index (χ1n) is 9.79. The SMILES string of the molecule is CC(=N)C(C(=O)Nc1ccc(S(=O)(=O)N(C)C)cc1)C(=O)Nc1cccc(-c2ncco2)c1.[HH]. The van der Waals surface area contributed by atoms with Crippen molar-refractivity contribution in [3.8, 4) is 11.5 Å². The number of anilines is 2. The van der Waals surface area contributed by atoms with Gasteiger partial charge in [-0.1, -0.05) is 6.07 Å². The number of benzene rings is 2. The second kappa shape index (κ2) is 9.76. The van der Waals surface area contributed by atoms with Crippen molar-refractivity contribution in [3.05, 3.63) is 61.0 Å². The molecule has 10 nitrogen and oxygen atoms in total. The zero-order valence-corrected chi connectivity index (χ0v) is 19.0. The molecule has 2 amide bonds. The van der Waals surface area contributed by atoms with E-state index in [0.29, 0.717) is 22.8 Å². The molecule has 1 unspecified atom stereocenters. The van der Waals surface area contributed by atoms with E-state index in [1.807, 2.05) is 0 Å². The van der Waals surface area contributed by atoms with E-state index in [4.69, 9.17) is 9.83 Å². The van der Waals surface area contributed by atoms with Gasteiger partial charge in [-0.2, -0.15) is 0 Å². The maximum atomic E-state index is 12.8. The molecule has 0 radical (unpaired) electrons. The summed E-state index contributed by atoms with van der Waals surface area (Å²) < 4.78 is 30.7. The highest BCUT2D eigenvalue weighted by Crippen LogP contribution is 2.22. The van der Waals surface area contributed by atoms with Crippen LogP contribution in [0.1, 0.15) is 8.35 Å². The Bertz CT molecular complexity index is 1280. The van der Waals surface area contributed by atoms with Gasteiger partial charge in [0.15, 0.2) is 5.92 Å². The third kappa shape index (κ3) is 5.51. The van der Waals surface area contributed by atoms with Crippen LogP contribution in [0.25, 0.3) is 11.5 Å². The van der Waals surface area contributed by atoms with Crippen LogP contribution in [-0.4, -0.2) is 49.3 Å². The van der Waals surface area contributed by atoms with Gasteiger partial charge in [-0.25, -0.2) is 17.7 Å². The normalized spacial score (nSPS) is 12.2. The number of rotatable bonds is 8. The van der Waals surface area contributed by atoms with E-state index in [1.165, 1.54) is 57.7 Å². The van der Waals surface area contributed by atoms with E-state index in [0.717, 1.165) is 4.31 Å². The first kappa shape index (κ1) is 23.8. The molecule has 2 aromatic carbocycles. The van der Waals surface area contributed by atoms with E-state index in [9.17, 15) is 18.0 Å². The number of amides is 2. The molecule has 0 aliphatic rings. The number of carbonyl (C=O) groups excluding carboxylic acids is 2. The summed E-state index contributed by atoms with van der Waals surface area (Å²) in [5.74, 6) is -2.41. The molecule has 0 bridgehead atoms. The van der Waals surface area contributed by atoms with Crippen molar-refractivity contribution in [2.45, 2.75) is 11.8 Å². The molecule has 1 atom stereocenters. The monoisotopic (exact) mass is 471 g/mol. The van der Waals surface area contributed by atoms with Crippen LogP contribution in [0.3, 0.4) is 0 Å². The Labute approximate surface area is 192 Å². The van der Waals surface area contributed by atoms with Gasteiger partial charge in [-0.05, 0) is 49.4 Å². The number of nitrogens with zero attached hydrogens (tertiary/aromatic N) is 2. The summed E-state index contributed by atoms with van der Waals surface area (Å²) >= 11 is 0. The van der Waals surface area contributed by atoms with Gasteiger partial charge in [-0.15, -0.1) is 0 Å². The zero-order chi connectivity index (χ0) is 24.2. The third-order valence-electron chi connectivity index (χ3n) is 4.67. The molecular weight excluding hydrogens is 446 g/mol. The molecule has 0 fully saturated rings. The van der Waals surface area contributed by atoms with Gasteiger partial charge in [0.1, 0.15) is 6.26 Å². The number of nitrogens with one attached hydrogen (secondary N) is 3. The minimum absolute atomic E-state index is 0. The number of aromatic nitrogens is 1. The molecule has 3 aromatic rings. The molecule has 0 saturated carbocycles. The average Bonchev–Trinajstić information content (AvgIpc) is 3.29. The van der Waals surface area contributed by atoms with Gasteiger partial charge < -0.3 is 20.5 Å². The highest BCUT2D eigenvalue weighted by molar-refractivity contribution is 7.89. The van der Waals surface area contributed by atoms with E-state index in [-0.39, 0.29) is 12.0 Å². The molecular formula is C22H25N5O5S. The molecule has 0 aliphatic heterocycles. The van der Waals surface area contributed by atoms with E-state index in [2.05, 4.69) is 15.6 Å². The summed E-state index contributed by atoms with van der Waals surface area (Å²) in [6, 6.07) is 12.3. The van der Waals surface area contributed by atoms with Crippen LogP contribution >= 0.6 is 0 Å². The Kier molecular flexibility index (Phi) is 7.04. The smallest absolute Gasteiger partial charge is 0.242 e. The Hall–Kier alpha value is -3.83. The molecule has 1 heterocycles. The summed E-state index contributed by atoms with van der Waals surface area (Å²) in [5, 5.41) is 13.1. The number of hydrogen-bond donors (Lipinski definition) is 3. The van der Waals surface area contributed by atoms with Crippen LogP contribution in [0.15, 0.2) is 70.3 Å². The lowest BCUT2D eigenvalue weighted by molar-refractivity contribution is -0.126. The molecule has 0 aliphatic carbocycles. The van der Waals surface area contributed by atoms with Crippen LogP contribution in [-0.2, 0) is 19.6 Å². The van der Waals surface area contributed by atoms with Crippen molar-refractivity contribution >= 4 is 38.9 Å². The lowest BCUT2D eigenvalue weighted by atomic mass is 10.0. The number of carbonyl (C=O) groups is 2. The Balaban J connectivity index is 0.00000408. The van der Waals surface area contributed by atoms with Gasteiger partial charge in [0.2, 0.25) is 27.7 Å². The molecule has 3 rings (SSSR count). The first-order chi connectivity index (χ1) is 15.6. The van der Waals surface area contributed by atoms with Crippen LogP contribution < -0.4 is 10.6 Å². The van der Waals surface area contributed by atoms with Crippen LogP contribution in [0.2, 0.25) is 0 Å². The highest BCUT2D eigenvalue weighted by atomic mass is 32.2. The minimum atomic E-state index is -3.61. The van der Waals surface area contributed by atoms with Gasteiger partial charge in [-0.3, -0.25) is 9.59 Å². The van der Waals surface area contributed by atoms with Gasteiger partial charge in [0.25, 0.3) is 0 Å². The molecule has 0 saturated heterocycles. The maximum Gasteiger partial charge on any atom is 0.242 e. The van der Waals surface area contributed by atoms with Crippen molar-refractivity contribution in [3.63, 3.8) is 0 Å². The largest absolute Gasteiger partial charge is 0.445 e. The molecule has 0 spiro atoms. The van der Waals surface area contributed by atoms with Gasteiger partial charge >= 0.3 is 0 Å². The zero-order valence-electron chi connectivity index (χ0n) is 18.2. The minimum Gasteiger partial charge on any atom is -0.445 e. The lowest BCUT2D eigenvalue weighted by Gasteiger charge is -2.17. The van der Waals surface area contributed by atoms with Crippen LogP contribution in [0.4, 0.5) is 11.4 Å². The summed E-state index contributed by atoms with van der Waals surface area (Å²) in [7, 11) is -0.771. The fraction of sp³-hybridized carbons (Fsp3) is 0.182. The van der Waals surface area contributed by atoms with Crippen molar-refractivity contribution in [2.24, 2.45) is 5.92 Å². The molecule has 3 N–H and O–H groups in total. The van der Waals surface area contributed by atoms with Crippen molar-refractivity contribution in [2.75, 3.05) is 24.7 Å². The topological polar surface area (TPSA) is 145 Å². The highest BCUT2D eigenvalue weighted by Gasteiger charge is 2.29. The van der Waals surface area contributed by atoms with E-state index >= 15 is 0 Å². The maximum absolute atomic E-state index is 12.8. The van der Waals surface area contributed by atoms with Crippen molar-refractivity contribution in [1.29, 1.82) is 5.41 Å². The third-order valence-corrected chi connectivity index (χ3v) is 6.50. The van der Waals surface area contributed by atoms with Gasteiger partial charge in [0, 0.05) is 38.2 Å². The van der Waals surface area contributed by atoms with E-state index < -0.39 is 27.8 Å². The Morgan fingerprint density at radius 2 is 1.70 bits per heavy atom. The fourth-order valence-corrected chi connectivity index (χ4v) is 3.86. The summed E-state index contributed by atoms with van der Waals surface area (Å²) in [6.45, 7) is 1.36. The van der Waals surface area contributed by atoms with Crippen LogP contribution in [0, 0.1) is 11.3 Å². The Morgan fingerprint density at radius 3 is 2.24 bits per heavy atom. The average molecular weight is 472 g/mol. The predicted molar refractivity (Wildman–Crippen MR) is 126 cm³/mol. The number of sulfonamides is 1. The molecule has 1 aromatic heterocycles. The molecule has 33 heavy (non-hydrogen) atoms. The fourth-order valence-electron chi connectivity index (χ4n) is 2.96. The molecule has 11 heteroatoms. The predicted octanol–water partition coefficient (Wildman–Crippen LogP) is 3.07. The van der Waals surface area contributed by atoms with E-state index in [1.54, 1.807) is 24.3 Å². The number of oxazole rings is 1. The first-order valence-corrected chi connectivity index (χ1v) is 11.2. The molecule has 174 valence electrons. The van der Waals surface area contributed by atoms with Crippen molar-refractivity contribution in [1.82, 2.24) is 9.29 Å². The van der Waals surface area contributed by atoms with Crippen molar-refractivity contribution < 1.29 is 23.9 Å². The second-order valence-corrected chi connectivity index (χ2v) is 9.48. The Morgan fingerprint density at radius 1 is 1.06 bits per heavy atom. The summed E-state index contributed by atoms with van der Waals surface area (Å²) in [6.07, 6.45) is 2.93. The summed E-state index contributed by atoms with van der Waals surface area (Å²) in [4.78, 5) is 29.7. The standard InChI is InChI=1S/C22H23N5O5S.H2/c1-14(23)19(20(28)25-16-7-9-18(10-8-16)33(30,31)27(2)3)21(29)26-17-6-4-5-15(13-17)22-24-11-12-32-22;/h4-13,19,23H,1-3H3,(H,25,28)(H,26,29);1H. The number of hydrogen-bond acceptors (Lipinski definition) is 7.